The summed E-state index contributed by atoms with van der Waals surface area (Å²) in [4.78, 5) is 4.83. The third-order valence-electron chi connectivity index (χ3n) is 6.41. The van der Waals surface area contributed by atoms with Gasteiger partial charge in [0.1, 0.15) is 11.2 Å². The first-order valence-corrected chi connectivity index (χ1v) is 11.5. The molecule has 160 valence electrons. The van der Waals surface area contributed by atoms with Crippen molar-refractivity contribution in [2.24, 2.45) is 5.92 Å². The molecule has 0 amide bonds. The lowest BCUT2D eigenvalue weighted by atomic mass is 9.89. The Morgan fingerprint density at radius 3 is 2.38 bits per heavy atom. The van der Waals surface area contributed by atoms with E-state index in [1.807, 2.05) is 12.3 Å². The molecule has 2 heteroatoms. The van der Waals surface area contributed by atoms with Gasteiger partial charge in [-0.05, 0) is 60.2 Å². The fourth-order valence-electron chi connectivity index (χ4n) is 4.63. The van der Waals surface area contributed by atoms with Crippen LogP contribution < -0.4 is 0 Å². The van der Waals surface area contributed by atoms with Gasteiger partial charge in [0, 0.05) is 34.0 Å². The van der Waals surface area contributed by atoms with Crippen molar-refractivity contribution >= 4 is 21.9 Å². The van der Waals surface area contributed by atoms with Crippen molar-refractivity contribution in [3.8, 4) is 11.3 Å². The van der Waals surface area contributed by atoms with Crippen LogP contribution in [0, 0.1) is 12.8 Å². The molecule has 2 heterocycles. The van der Waals surface area contributed by atoms with Crippen LogP contribution in [0.25, 0.3) is 33.2 Å². The first kappa shape index (κ1) is 20.5. The summed E-state index contributed by atoms with van der Waals surface area (Å²) in [5, 5.41) is 2.31. The normalized spacial score (nSPS) is 12.7. The fraction of sp³-hybridized carbons (Fsp3) is 0.233. The molecule has 2 nitrogen and oxygen atoms in total. The number of aryl methyl sites for hydroxylation is 1. The maximum absolute atomic E-state index is 6.39. The third-order valence-corrected chi connectivity index (χ3v) is 6.41. The summed E-state index contributed by atoms with van der Waals surface area (Å²) in [6.07, 6.45) is 3.08. The number of rotatable bonds is 5. The topological polar surface area (TPSA) is 26.0 Å². The van der Waals surface area contributed by atoms with Gasteiger partial charge in [0.05, 0.1) is 5.69 Å². The molecular formula is C30H29NO. The number of pyridine rings is 1. The molecule has 0 saturated heterocycles. The molecule has 1 atom stereocenters. The minimum atomic E-state index is 0.208. The van der Waals surface area contributed by atoms with E-state index in [-0.39, 0.29) is 5.92 Å². The maximum atomic E-state index is 6.39. The molecule has 2 aromatic heterocycles. The van der Waals surface area contributed by atoms with Gasteiger partial charge in [0.2, 0.25) is 0 Å². The summed E-state index contributed by atoms with van der Waals surface area (Å²) in [6, 6.07) is 25.8. The molecule has 0 bridgehead atoms. The lowest BCUT2D eigenvalue weighted by molar-refractivity contribution is 0.644. The zero-order valence-corrected chi connectivity index (χ0v) is 19.2. The lowest BCUT2D eigenvalue weighted by Gasteiger charge is -2.16. The van der Waals surface area contributed by atoms with Crippen molar-refractivity contribution < 1.29 is 4.42 Å². The van der Waals surface area contributed by atoms with Crippen molar-refractivity contribution in [1.29, 1.82) is 0 Å². The number of furan rings is 1. The molecule has 32 heavy (non-hydrogen) atoms. The predicted molar refractivity (Wildman–Crippen MR) is 134 cm³/mol. The van der Waals surface area contributed by atoms with Gasteiger partial charge in [0.25, 0.3) is 0 Å². The molecule has 0 aliphatic carbocycles. The van der Waals surface area contributed by atoms with E-state index in [1.165, 1.54) is 22.3 Å². The zero-order chi connectivity index (χ0) is 22.2. The Labute approximate surface area is 189 Å². The Balaban J connectivity index is 1.75. The second kappa shape index (κ2) is 8.27. The Bertz CT molecular complexity index is 1400. The summed E-state index contributed by atoms with van der Waals surface area (Å²) in [5.41, 5.74) is 9.19. The molecule has 1 unspecified atom stereocenters. The molecule has 0 saturated carbocycles. The van der Waals surface area contributed by atoms with Gasteiger partial charge >= 0.3 is 0 Å². The lowest BCUT2D eigenvalue weighted by Crippen LogP contribution is -2.00. The van der Waals surface area contributed by atoms with Crippen molar-refractivity contribution in [2.75, 3.05) is 0 Å². The van der Waals surface area contributed by atoms with Gasteiger partial charge < -0.3 is 4.42 Å². The molecule has 0 spiro atoms. The van der Waals surface area contributed by atoms with E-state index in [9.17, 15) is 0 Å². The minimum Gasteiger partial charge on any atom is -0.456 e. The van der Waals surface area contributed by atoms with Gasteiger partial charge in [-0.1, -0.05) is 69.3 Å². The van der Waals surface area contributed by atoms with E-state index in [1.54, 1.807) is 0 Å². The third kappa shape index (κ3) is 3.71. The monoisotopic (exact) mass is 419 g/mol. The van der Waals surface area contributed by atoms with E-state index in [0.717, 1.165) is 39.6 Å². The van der Waals surface area contributed by atoms with Gasteiger partial charge in [-0.3, -0.25) is 4.98 Å². The molecular weight excluding hydrogens is 390 g/mol. The largest absolute Gasteiger partial charge is 0.456 e. The summed E-state index contributed by atoms with van der Waals surface area (Å²) < 4.78 is 6.39. The second-order valence-corrected chi connectivity index (χ2v) is 9.27. The molecule has 0 aliphatic heterocycles. The van der Waals surface area contributed by atoms with Crippen LogP contribution in [0.4, 0.5) is 0 Å². The van der Waals surface area contributed by atoms with Crippen molar-refractivity contribution in [3.05, 3.63) is 101 Å². The zero-order valence-electron chi connectivity index (χ0n) is 19.2. The molecule has 0 N–H and O–H groups in total. The highest BCUT2D eigenvalue weighted by molar-refractivity contribution is 6.07. The predicted octanol–water partition coefficient (Wildman–Crippen LogP) is 8.31. The highest BCUT2D eigenvalue weighted by atomic mass is 16.3. The van der Waals surface area contributed by atoms with E-state index < -0.39 is 0 Å². The number of hydrogen-bond donors (Lipinski definition) is 0. The van der Waals surface area contributed by atoms with Crippen LogP contribution in [0.1, 0.15) is 48.9 Å². The molecule has 0 fully saturated rings. The molecule has 5 rings (SSSR count). The van der Waals surface area contributed by atoms with Crippen molar-refractivity contribution in [2.45, 2.75) is 40.0 Å². The first-order valence-electron chi connectivity index (χ1n) is 11.5. The summed E-state index contributed by atoms with van der Waals surface area (Å²) in [7, 11) is 0. The number of nitrogens with zero attached hydrogens (tertiary/aromatic N) is 1. The van der Waals surface area contributed by atoms with Crippen LogP contribution in [0.2, 0.25) is 0 Å². The summed E-state index contributed by atoms with van der Waals surface area (Å²) in [5.74, 6) is 0.817. The highest BCUT2D eigenvalue weighted by Crippen LogP contribution is 2.39. The molecule has 0 radical (unpaired) electrons. The smallest absolute Gasteiger partial charge is 0.139 e. The molecule has 5 aromatic rings. The van der Waals surface area contributed by atoms with E-state index in [2.05, 4.69) is 94.4 Å². The Morgan fingerprint density at radius 2 is 1.59 bits per heavy atom. The van der Waals surface area contributed by atoms with Crippen LogP contribution in [0.3, 0.4) is 0 Å². The van der Waals surface area contributed by atoms with Crippen LogP contribution in [-0.4, -0.2) is 4.98 Å². The molecule has 0 aliphatic rings. The van der Waals surface area contributed by atoms with Crippen LogP contribution in [-0.2, 0) is 6.42 Å². The fourth-order valence-corrected chi connectivity index (χ4v) is 4.63. The highest BCUT2D eigenvalue weighted by Gasteiger charge is 2.19. The van der Waals surface area contributed by atoms with Crippen LogP contribution >= 0.6 is 0 Å². The van der Waals surface area contributed by atoms with Gasteiger partial charge in [-0.15, -0.1) is 0 Å². The SMILES string of the molecule is Cc1cnc(-c2cc(C(C)c3ccccc3)c3oc4ccccc4c3c2)cc1CC(C)C. The minimum absolute atomic E-state index is 0.208. The number of para-hydroxylation sites is 1. The standard InChI is InChI=1S/C30H29NO/c1-19(2)14-23-17-28(31-18-20(23)3)24-15-26(21(4)22-10-6-5-7-11-22)30-27(16-24)25-12-8-9-13-29(25)32-30/h5-13,15-19,21H,14H2,1-4H3. The molecule has 3 aromatic carbocycles. The van der Waals surface area contributed by atoms with Crippen molar-refractivity contribution in [1.82, 2.24) is 4.98 Å². The summed E-state index contributed by atoms with van der Waals surface area (Å²) in [6.45, 7) is 8.95. The van der Waals surface area contributed by atoms with E-state index in [0.29, 0.717) is 5.92 Å². The number of benzene rings is 3. The quantitative estimate of drug-likeness (QED) is 0.286. The maximum Gasteiger partial charge on any atom is 0.139 e. The van der Waals surface area contributed by atoms with Crippen LogP contribution in [0.15, 0.2) is 83.4 Å². The number of aromatic nitrogens is 1. The second-order valence-electron chi connectivity index (χ2n) is 9.27. The van der Waals surface area contributed by atoms with E-state index >= 15 is 0 Å². The van der Waals surface area contributed by atoms with Crippen LogP contribution in [0.5, 0.6) is 0 Å². The van der Waals surface area contributed by atoms with E-state index in [4.69, 9.17) is 9.40 Å². The average molecular weight is 420 g/mol. The number of fused-ring (bicyclic) bond motifs is 3. The summed E-state index contributed by atoms with van der Waals surface area (Å²) >= 11 is 0. The van der Waals surface area contributed by atoms with Gasteiger partial charge in [-0.2, -0.15) is 0 Å². The Kier molecular flexibility index (Phi) is 5.30. The Morgan fingerprint density at radius 1 is 0.844 bits per heavy atom. The average Bonchev–Trinajstić information content (AvgIpc) is 3.18. The van der Waals surface area contributed by atoms with Gasteiger partial charge in [-0.25, -0.2) is 0 Å². The van der Waals surface area contributed by atoms with Gasteiger partial charge in [0.15, 0.2) is 0 Å². The van der Waals surface area contributed by atoms with Crippen molar-refractivity contribution in [3.63, 3.8) is 0 Å². The number of hydrogen-bond acceptors (Lipinski definition) is 2. The first-order chi connectivity index (χ1) is 15.5. The Hall–Kier alpha value is -3.39.